The van der Waals surface area contributed by atoms with Gasteiger partial charge < -0.3 is 10.1 Å². The van der Waals surface area contributed by atoms with Crippen LogP contribution in [0.15, 0.2) is 29.3 Å². The molecular formula is C16H19F3N2O. The summed E-state index contributed by atoms with van der Waals surface area (Å²) in [4.78, 5) is 4.48. The first-order chi connectivity index (χ1) is 10.5. The Kier molecular flexibility index (Phi) is 4.38. The fraction of sp³-hybridized carbons (Fsp3) is 0.562. The molecular weight excluding hydrogens is 293 g/mol. The van der Waals surface area contributed by atoms with Crippen LogP contribution in [0.2, 0.25) is 0 Å². The first kappa shape index (κ1) is 15.3. The molecule has 120 valence electrons. The van der Waals surface area contributed by atoms with Crippen molar-refractivity contribution in [1.29, 1.82) is 0 Å². The third kappa shape index (κ3) is 3.61. The summed E-state index contributed by atoms with van der Waals surface area (Å²) in [5.74, 6) is 1.22. The van der Waals surface area contributed by atoms with Gasteiger partial charge in [-0.3, -0.25) is 4.99 Å². The monoisotopic (exact) mass is 312 g/mol. The Bertz CT molecular complexity index is 533. The molecule has 1 aromatic carbocycles. The van der Waals surface area contributed by atoms with Crippen molar-refractivity contribution in [3.05, 3.63) is 35.4 Å². The Balaban J connectivity index is 1.54. The lowest BCUT2D eigenvalue weighted by molar-refractivity contribution is -0.137. The van der Waals surface area contributed by atoms with E-state index in [1.165, 1.54) is 12.1 Å². The topological polar surface area (TPSA) is 33.6 Å². The van der Waals surface area contributed by atoms with Gasteiger partial charge in [0, 0.05) is 12.3 Å². The van der Waals surface area contributed by atoms with Crippen LogP contribution < -0.4 is 5.32 Å². The molecule has 0 spiro atoms. The van der Waals surface area contributed by atoms with Crippen molar-refractivity contribution in [2.24, 2.45) is 10.9 Å². The minimum Gasteiger partial charge on any atom is -0.475 e. The number of hydrogen-bond donors (Lipinski definition) is 1. The SMILES string of the molecule is FC(F)(F)c1ccc(CC2CN=C(C3CCNCC3)O2)cc1. The van der Waals surface area contributed by atoms with Crippen molar-refractivity contribution in [2.75, 3.05) is 19.6 Å². The normalized spacial score (nSPS) is 23.2. The maximum absolute atomic E-state index is 12.5. The van der Waals surface area contributed by atoms with Crippen LogP contribution >= 0.6 is 0 Å². The van der Waals surface area contributed by atoms with Gasteiger partial charge in [-0.25, -0.2) is 0 Å². The van der Waals surface area contributed by atoms with E-state index in [1.807, 2.05) is 0 Å². The Labute approximate surface area is 127 Å². The largest absolute Gasteiger partial charge is 0.475 e. The third-order valence-corrected chi connectivity index (χ3v) is 4.17. The van der Waals surface area contributed by atoms with Crippen LogP contribution in [-0.2, 0) is 17.3 Å². The number of alkyl halides is 3. The highest BCUT2D eigenvalue weighted by molar-refractivity contribution is 5.80. The van der Waals surface area contributed by atoms with Crippen LogP contribution in [0.5, 0.6) is 0 Å². The van der Waals surface area contributed by atoms with Crippen molar-refractivity contribution in [3.8, 4) is 0 Å². The number of piperidine rings is 1. The van der Waals surface area contributed by atoms with Gasteiger partial charge in [0.05, 0.1) is 12.1 Å². The molecule has 2 aliphatic heterocycles. The summed E-state index contributed by atoms with van der Waals surface area (Å²) >= 11 is 0. The van der Waals surface area contributed by atoms with Crippen LogP contribution in [-0.4, -0.2) is 31.6 Å². The van der Waals surface area contributed by atoms with E-state index in [0.717, 1.165) is 49.5 Å². The standard InChI is InChI=1S/C16H19F3N2O/c17-16(18,19)13-3-1-11(2-4-13)9-14-10-21-15(22-14)12-5-7-20-8-6-12/h1-4,12,14,20H,5-10H2. The summed E-state index contributed by atoms with van der Waals surface area (Å²) < 4.78 is 43.5. The van der Waals surface area contributed by atoms with Crippen LogP contribution in [0.1, 0.15) is 24.0 Å². The lowest BCUT2D eigenvalue weighted by Gasteiger charge is -2.23. The first-order valence-corrected chi connectivity index (χ1v) is 7.60. The lowest BCUT2D eigenvalue weighted by atomic mass is 9.98. The molecule has 0 saturated carbocycles. The van der Waals surface area contributed by atoms with Crippen molar-refractivity contribution in [3.63, 3.8) is 0 Å². The molecule has 6 heteroatoms. The van der Waals surface area contributed by atoms with E-state index in [9.17, 15) is 13.2 Å². The zero-order valence-corrected chi connectivity index (χ0v) is 12.2. The minimum absolute atomic E-state index is 0.0541. The van der Waals surface area contributed by atoms with Crippen molar-refractivity contribution in [1.82, 2.24) is 5.32 Å². The highest BCUT2D eigenvalue weighted by atomic mass is 19.4. The van der Waals surface area contributed by atoms with E-state index >= 15 is 0 Å². The highest BCUT2D eigenvalue weighted by Crippen LogP contribution is 2.29. The van der Waals surface area contributed by atoms with Gasteiger partial charge in [-0.05, 0) is 43.6 Å². The summed E-state index contributed by atoms with van der Waals surface area (Å²) in [6, 6.07) is 5.29. The number of rotatable bonds is 3. The average Bonchev–Trinajstić information content (AvgIpc) is 2.96. The molecule has 1 saturated heterocycles. The summed E-state index contributed by atoms with van der Waals surface area (Å²) in [6.45, 7) is 2.56. The number of aliphatic imine (C=N–C) groups is 1. The molecule has 2 heterocycles. The predicted octanol–water partition coefficient (Wildman–Crippen LogP) is 3.04. The Morgan fingerprint density at radius 3 is 2.45 bits per heavy atom. The summed E-state index contributed by atoms with van der Waals surface area (Å²) in [6.07, 6.45) is -1.68. The summed E-state index contributed by atoms with van der Waals surface area (Å²) in [7, 11) is 0. The van der Waals surface area contributed by atoms with Crippen LogP contribution in [0.25, 0.3) is 0 Å². The molecule has 2 aliphatic rings. The quantitative estimate of drug-likeness (QED) is 0.931. The fourth-order valence-electron chi connectivity index (χ4n) is 2.93. The minimum atomic E-state index is -4.28. The molecule has 0 aromatic heterocycles. The number of ether oxygens (including phenoxy) is 1. The molecule has 1 N–H and O–H groups in total. The molecule has 0 amide bonds. The molecule has 0 aliphatic carbocycles. The van der Waals surface area contributed by atoms with Gasteiger partial charge in [-0.1, -0.05) is 12.1 Å². The van der Waals surface area contributed by atoms with Gasteiger partial charge in [0.25, 0.3) is 0 Å². The fourth-order valence-corrected chi connectivity index (χ4v) is 2.93. The maximum Gasteiger partial charge on any atom is 0.416 e. The molecule has 22 heavy (non-hydrogen) atoms. The van der Waals surface area contributed by atoms with Crippen molar-refractivity contribution >= 4 is 5.90 Å². The number of halogens is 3. The molecule has 3 rings (SSSR count). The van der Waals surface area contributed by atoms with Gasteiger partial charge in [0.15, 0.2) is 5.90 Å². The van der Waals surface area contributed by atoms with Gasteiger partial charge >= 0.3 is 6.18 Å². The molecule has 0 radical (unpaired) electrons. The van der Waals surface area contributed by atoms with E-state index in [1.54, 1.807) is 0 Å². The Morgan fingerprint density at radius 1 is 1.14 bits per heavy atom. The number of nitrogens with zero attached hydrogens (tertiary/aromatic N) is 1. The van der Waals surface area contributed by atoms with Gasteiger partial charge in [-0.15, -0.1) is 0 Å². The second kappa shape index (κ2) is 6.28. The smallest absolute Gasteiger partial charge is 0.416 e. The van der Waals surface area contributed by atoms with E-state index in [2.05, 4.69) is 10.3 Å². The first-order valence-electron chi connectivity index (χ1n) is 7.60. The Morgan fingerprint density at radius 2 is 1.82 bits per heavy atom. The molecule has 3 nitrogen and oxygen atoms in total. The van der Waals surface area contributed by atoms with Gasteiger partial charge in [-0.2, -0.15) is 13.2 Å². The predicted molar refractivity (Wildman–Crippen MR) is 77.9 cm³/mol. The molecule has 1 aromatic rings. The van der Waals surface area contributed by atoms with E-state index in [0.29, 0.717) is 18.9 Å². The lowest BCUT2D eigenvalue weighted by Crippen LogP contribution is -2.32. The second-order valence-electron chi connectivity index (χ2n) is 5.84. The third-order valence-electron chi connectivity index (χ3n) is 4.17. The summed E-state index contributed by atoms with van der Waals surface area (Å²) in [5.41, 5.74) is 0.231. The van der Waals surface area contributed by atoms with E-state index in [-0.39, 0.29) is 6.10 Å². The molecule has 1 unspecified atom stereocenters. The molecule has 0 bridgehead atoms. The van der Waals surface area contributed by atoms with Crippen LogP contribution in [0.3, 0.4) is 0 Å². The Hall–Kier alpha value is -1.56. The highest BCUT2D eigenvalue weighted by Gasteiger charge is 2.31. The van der Waals surface area contributed by atoms with Gasteiger partial charge in [0.1, 0.15) is 6.10 Å². The van der Waals surface area contributed by atoms with E-state index < -0.39 is 11.7 Å². The number of benzene rings is 1. The maximum atomic E-state index is 12.5. The molecule has 1 fully saturated rings. The second-order valence-corrected chi connectivity index (χ2v) is 5.84. The number of hydrogen-bond acceptors (Lipinski definition) is 3. The zero-order valence-electron chi connectivity index (χ0n) is 12.2. The molecule has 1 atom stereocenters. The summed E-state index contributed by atoms with van der Waals surface area (Å²) in [5, 5.41) is 3.30. The van der Waals surface area contributed by atoms with Gasteiger partial charge in [0.2, 0.25) is 0 Å². The van der Waals surface area contributed by atoms with Crippen LogP contribution in [0.4, 0.5) is 13.2 Å². The van der Waals surface area contributed by atoms with Crippen molar-refractivity contribution < 1.29 is 17.9 Å². The zero-order chi connectivity index (χ0) is 15.6. The van der Waals surface area contributed by atoms with E-state index in [4.69, 9.17) is 4.74 Å². The van der Waals surface area contributed by atoms with Crippen LogP contribution in [0, 0.1) is 5.92 Å². The average molecular weight is 312 g/mol. The number of nitrogens with one attached hydrogen (secondary N) is 1. The van der Waals surface area contributed by atoms with Crippen molar-refractivity contribution in [2.45, 2.75) is 31.5 Å².